The number of pyridine rings is 1. The van der Waals surface area contributed by atoms with E-state index in [1.807, 2.05) is 54.7 Å². The second-order valence-electron chi connectivity index (χ2n) is 11.5. The first-order valence-corrected chi connectivity index (χ1v) is 17.0. The van der Waals surface area contributed by atoms with Gasteiger partial charge in [0.25, 0.3) is 8.32 Å². The molecule has 0 atom stereocenters. The Hall–Kier alpha value is -3.49. The number of aryl methyl sites for hydroxylation is 1. The third kappa shape index (κ3) is 5.49. The van der Waals surface area contributed by atoms with Crippen LogP contribution in [0.5, 0.6) is 5.75 Å². The number of thiophene rings is 1. The van der Waals surface area contributed by atoms with E-state index in [0.29, 0.717) is 17.7 Å². The lowest BCUT2D eigenvalue weighted by atomic mass is 9.98. The summed E-state index contributed by atoms with van der Waals surface area (Å²) in [5, 5.41) is 9.98. The molecule has 39 heavy (non-hydrogen) atoms. The third-order valence-corrected chi connectivity index (χ3v) is 13.1. The van der Waals surface area contributed by atoms with Crippen molar-refractivity contribution in [2.24, 2.45) is 5.16 Å². The Kier molecular flexibility index (Phi) is 7.35. The Balaban J connectivity index is 1.42. The molecule has 2 aromatic heterocycles. The summed E-state index contributed by atoms with van der Waals surface area (Å²) in [6.45, 7) is 11.6. The summed E-state index contributed by atoms with van der Waals surface area (Å²) in [6.07, 6.45) is 5.24. The minimum absolute atomic E-state index is 0.00962. The molecule has 1 aliphatic rings. The van der Waals surface area contributed by atoms with Crippen LogP contribution in [0, 0.1) is 0 Å². The van der Waals surface area contributed by atoms with Gasteiger partial charge in [0.2, 0.25) is 0 Å². The Morgan fingerprint density at radius 2 is 1.87 bits per heavy atom. The second kappa shape index (κ2) is 10.6. The highest BCUT2D eigenvalue weighted by atomic mass is 32.1. The van der Waals surface area contributed by atoms with Gasteiger partial charge in [0, 0.05) is 35.5 Å². The molecule has 2 aromatic carbocycles. The van der Waals surface area contributed by atoms with E-state index in [2.05, 4.69) is 49.3 Å². The first kappa shape index (κ1) is 27.1. The van der Waals surface area contributed by atoms with E-state index in [9.17, 15) is 4.79 Å². The molecule has 1 aliphatic carbocycles. The number of oxime groups is 1. The van der Waals surface area contributed by atoms with Crippen LogP contribution in [0.25, 0.3) is 10.1 Å². The van der Waals surface area contributed by atoms with Crippen LogP contribution in [0.3, 0.4) is 0 Å². The largest absolute Gasteiger partial charge is 0.497 e. The molecule has 5 rings (SSSR count). The molecule has 0 saturated carbocycles. The van der Waals surface area contributed by atoms with Crippen molar-refractivity contribution in [3.05, 3.63) is 88.7 Å². The zero-order valence-electron chi connectivity index (χ0n) is 23.4. The van der Waals surface area contributed by atoms with Crippen LogP contribution in [0.1, 0.15) is 59.8 Å². The Morgan fingerprint density at radius 1 is 1.10 bits per heavy atom. The van der Waals surface area contributed by atoms with Gasteiger partial charge in [-0.15, -0.1) is 16.5 Å². The van der Waals surface area contributed by atoms with Gasteiger partial charge in [-0.2, -0.15) is 0 Å². The average molecular weight is 558 g/mol. The lowest BCUT2D eigenvalue weighted by Gasteiger charge is -2.33. The van der Waals surface area contributed by atoms with Crippen LogP contribution in [0.15, 0.2) is 66.1 Å². The number of nitrogens with zero attached hydrogens (tertiary/aromatic N) is 2. The van der Waals surface area contributed by atoms with Gasteiger partial charge >= 0.3 is 0 Å². The van der Waals surface area contributed by atoms with Crippen LogP contribution in [0.2, 0.25) is 18.1 Å². The van der Waals surface area contributed by atoms with Crippen molar-refractivity contribution < 1.29 is 14.1 Å². The van der Waals surface area contributed by atoms with Gasteiger partial charge in [-0.1, -0.05) is 45.0 Å². The van der Waals surface area contributed by atoms with E-state index in [0.717, 1.165) is 56.1 Å². The van der Waals surface area contributed by atoms with Crippen LogP contribution >= 0.6 is 11.3 Å². The Bertz CT molecular complexity index is 1550. The number of hydrogen-bond acceptors (Lipinski definition) is 7. The molecule has 8 heteroatoms. The lowest BCUT2D eigenvalue weighted by molar-refractivity contribution is 0.104. The Morgan fingerprint density at radius 3 is 2.59 bits per heavy atom. The van der Waals surface area contributed by atoms with E-state index < -0.39 is 8.32 Å². The van der Waals surface area contributed by atoms with Crippen molar-refractivity contribution in [1.29, 1.82) is 0 Å². The molecule has 202 valence electrons. The molecule has 0 bridgehead atoms. The van der Waals surface area contributed by atoms with E-state index >= 15 is 0 Å². The molecule has 6 nitrogen and oxygen atoms in total. The minimum atomic E-state index is -1.99. The smallest absolute Gasteiger partial charge is 0.286 e. The van der Waals surface area contributed by atoms with Crippen molar-refractivity contribution in [2.75, 3.05) is 12.4 Å². The number of anilines is 1. The molecule has 0 saturated heterocycles. The van der Waals surface area contributed by atoms with E-state index in [-0.39, 0.29) is 10.8 Å². The van der Waals surface area contributed by atoms with Crippen LogP contribution in [0.4, 0.5) is 5.00 Å². The minimum Gasteiger partial charge on any atom is -0.497 e. The third-order valence-electron chi connectivity index (χ3n) is 7.83. The van der Waals surface area contributed by atoms with Crippen molar-refractivity contribution in [3.8, 4) is 5.75 Å². The van der Waals surface area contributed by atoms with Gasteiger partial charge in [-0.05, 0) is 66.4 Å². The average Bonchev–Trinajstić information content (AvgIpc) is 3.50. The highest BCUT2D eigenvalue weighted by Crippen LogP contribution is 2.39. The SMILES string of the molecule is COc1ccc(CNc2sc3cnccc3c2C(=O)c2ccc3c(c2)CC/C3=N/O[Si](C)(C)C(C)(C)C)cc1. The van der Waals surface area contributed by atoms with Gasteiger partial charge < -0.3 is 14.6 Å². The fourth-order valence-electron chi connectivity index (χ4n) is 4.38. The number of benzene rings is 2. The monoisotopic (exact) mass is 557 g/mol. The standard InChI is InChI=1S/C31H35N3O3SSi/c1-31(2,3)39(5,6)37-34-26-14-10-21-17-22(9-13-24(21)26)29(35)28-25-15-16-32-19-27(25)38-30(28)33-18-20-7-11-23(36-4)12-8-20/h7-9,11-13,15-17,19,33H,10,14,18H2,1-6H3/b34-26-. The van der Waals surface area contributed by atoms with E-state index in [1.165, 1.54) is 0 Å². The second-order valence-corrected chi connectivity index (χ2v) is 17.2. The van der Waals surface area contributed by atoms with Crippen LogP contribution in [-0.4, -0.2) is 31.9 Å². The highest BCUT2D eigenvalue weighted by molar-refractivity contribution is 7.23. The number of nitrogens with one attached hydrogen (secondary N) is 1. The summed E-state index contributed by atoms with van der Waals surface area (Å²) in [4.78, 5) is 18.2. The predicted octanol–water partition coefficient (Wildman–Crippen LogP) is 7.82. The molecule has 0 aliphatic heterocycles. The van der Waals surface area contributed by atoms with Crippen molar-refractivity contribution in [2.45, 2.75) is 58.3 Å². The lowest BCUT2D eigenvalue weighted by Crippen LogP contribution is -2.39. The van der Waals surface area contributed by atoms with Gasteiger partial charge in [-0.25, -0.2) is 0 Å². The topological polar surface area (TPSA) is 72.8 Å². The number of carbonyl (C=O) groups is 1. The predicted molar refractivity (Wildman–Crippen MR) is 163 cm³/mol. The maximum Gasteiger partial charge on any atom is 0.286 e. The quantitative estimate of drug-likeness (QED) is 0.136. The zero-order valence-corrected chi connectivity index (χ0v) is 25.2. The molecule has 0 radical (unpaired) electrons. The summed E-state index contributed by atoms with van der Waals surface area (Å²) >= 11 is 1.56. The van der Waals surface area contributed by atoms with Crippen molar-refractivity contribution in [3.63, 3.8) is 0 Å². The number of ketones is 1. The molecular weight excluding hydrogens is 523 g/mol. The first-order chi connectivity index (χ1) is 18.6. The van der Waals surface area contributed by atoms with Crippen molar-refractivity contribution >= 4 is 46.2 Å². The van der Waals surface area contributed by atoms with Crippen LogP contribution in [-0.2, 0) is 17.5 Å². The fourth-order valence-corrected chi connectivity index (χ4v) is 6.06. The summed E-state index contributed by atoms with van der Waals surface area (Å²) < 4.78 is 12.4. The van der Waals surface area contributed by atoms with Gasteiger partial charge in [0.05, 0.1) is 23.1 Å². The molecule has 0 fully saturated rings. The van der Waals surface area contributed by atoms with Gasteiger partial charge in [-0.3, -0.25) is 9.78 Å². The molecule has 0 amide bonds. The maximum absolute atomic E-state index is 14.0. The summed E-state index contributed by atoms with van der Waals surface area (Å²) in [6, 6.07) is 15.8. The molecule has 0 unspecified atom stereocenters. The van der Waals surface area contributed by atoms with Gasteiger partial charge in [0.1, 0.15) is 10.8 Å². The normalized spacial score (nSPS) is 14.5. The number of hydrogen-bond donors (Lipinski definition) is 1. The molecule has 0 spiro atoms. The molecule has 2 heterocycles. The maximum atomic E-state index is 14.0. The van der Waals surface area contributed by atoms with E-state index in [4.69, 9.17) is 9.26 Å². The Labute approximate surface area is 235 Å². The molecular formula is C31H35N3O3SSi. The highest BCUT2D eigenvalue weighted by Gasteiger charge is 2.40. The number of fused-ring (bicyclic) bond motifs is 2. The number of ether oxygens (including phenoxy) is 1. The number of aromatic nitrogens is 1. The van der Waals surface area contributed by atoms with Crippen LogP contribution < -0.4 is 10.1 Å². The van der Waals surface area contributed by atoms with Crippen molar-refractivity contribution in [1.82, 2.24) is 4.98 Å². The zero-order chi connectivity index (χ0) is 27.8. The van der Waals surface area contributed by atoms with Gasteiger partial charge in [0.15, 0.2) is 5.78 Å². The molecule has 4 aromatic rings. The summed E-state index contributed by atoms with van der Waals surface area (Å²) in [7, 11) is -0.329. The van der Waals surface area contributed by atoms with E-state index in [1.54, 1.807) is 24.6 Å². The first-order valence-electron chi connectivity index (χ1n) is 13.2. The summed E-state index contributed by atoms with van der Waals surface area (Å²) in [5.74, 6) is 0.828. The number of rotatable bonds is 8. The number of methoxy groups -OCH3 is 1. The number of carbonyl (C=O) groups excluding carboxylic acids is 1. The molecule has 1 N–H and O–H groups in total. The fraction of sp³-hybridized carbons (Fsp3) is 0.323. The summed E-state index contributed by atoms with van der Waals surface area (Å²) in [5.41, 5.74) is 5.69.